The molecule has 0 atom stereocenters. The van der Waals surface area contributed by atoms with Gasteiger partial charge in [-0.25, -0.2) is 4.79 Å². The smallest absolute Gasteiger partial charge is 0.341 e. The number of benzene rings is 2. The largest absolute Gasteiger partial charge is 0.490 e. The van der Waals surface area contributed by atoms with Crippen LogP contribution in [0.15, 0.2) is 40.9 Å². The van der Waals surface area contributed by atoms with Crippen molar-refractivity contribution >= 4 is 45.1 Å². The topological polar surface area (TPSA) is 79.5 Å². The van der Waals surface area contributed by atoms with Gasteiger partial charge in [0.1, 0.15) is 0 Å². The summed E-state index contributed by atoms with van der Waals surface area (Å²) in [5.74, 6) is -0.373. The van der Waals surface area contributed by atoms with Crippen molar-refractivity contribution in [2.45, 2.75) is 6.92 Å². The molecule has 0 heterocycles. The molecule has 2 aromatic rings. The molecule has 26 heavy (non-hydrogen) atoms. The maximum atomic E-state index is 10.7. The second kappa shape index (κ2) is 9.27. The lowest BCUT2D eigenvalue weighted by molar-refractivity contribution is -0.139. The number of hydrogen-bond acceptors (Lipinski definition) is 4. The fourth-order valence-corrected chi connectivity index (χ4v) is 2.71. The summed E-state index contributed by atoms with van der Waals surface area (Å²) in [6, 6.07) is 12.4. The fraction of sp³-hybridized carbons (Fsp3) is 0.158. The van der Waals surface area contributed by atoms with E-state index in [0.29, 0.717) is 38.7 Å². The van der Waals surface area contributed by atoms with E-state index in [-0.39, 0.29) is 0 Å². The van der Waals surface area contributed by atoms with E-state index >= 15 is 0 Å². The van der Waals surface area contributed by atoms with E-state index in [0.717, 1.165) is 5.56 Å². The molecule has 0 saturated heterocycles. The Bertz CT molecular complexity index is 872. The molecular weight excluding hydrogens is 422 g/mol. The maximum Gasteiger partial charge on any atom is 0.341 e. The quantitative estimate of drug-likeness (QED) is 0.486. The first-order valence-corrected chi connectivity index (χ1v) is 8.80. The summed E-state index contributed by atoms with van der Waals surface area (Å²) in [5, 5.41) is 18.9. The third kappa shape index (κ3) is 5.25. The van der Waals surface area contributed by atoms with Crippen LogP contribution in [0.25, 0.3) is 11.6 Å². The van der Waals surface area contributed by atoms with Crippen LogP contribution in [0.2, 0.25) is 5.02 Å². The Hall–Kier alpha value is -2.49. The third-order valence-electron chi connectivity index (χ3n) is 3.29. The van der Waals surface area contributed by atoms with Crippen molar-refractivity contribution in [1.82, 2.24) is 0 Å². The number of halogens is 2. The molecule has 0 bridgehead atoms. The molecule has 1 N–H and O–H groups in total. The monoisotopic (exact) mass is 435 g/mol. The van der Waals surface area contributed by atoms with Crippen LogP contribution in [-0.2, 0) is 4.79 Å². The number of carboxylic acids is 1. The SMILES string of the molecule is CCOc1cc(/C=C(/C#N)c2ccc(Cl)cc2)c(Br)cc1OCC(=O)O. The van der Waals surface area contributed by atoms with Gasteiger partial charge in [-0.1, -0.05) is 39.7 Å². The van der Waals surface area contributed by atoms with Crippen molar-refractivity contribution in [3.63, 3.8) is 0 Å². The Morgan fingerprint density at radius 1 is 1.27 bits per heavy atom. The summed E-state index contributed by atoms with van der Waals surface area (Å²) in [6.45, 7) is 1.72. The predicted octanol–water partition coefficient (Wildman–Crippen LogP) is 5.03. The highest BCUT2D eigenvalue weighted by Crippen LogP contribution is 2.35. The highest BCUT2D eigenvalue weighted by molar-refractivity contribution is 9.10. The second-order valence-electron chi connectivity index (χ2n) is 5.11. The Morgan fingerprint density at radius 2 is 1.92 bits per heavy atom. The Balaban J connectivity index is 2.44. The molecule has 2 rings (SSSR count). The standard InChI is InChI=1S/C19H15BrClNO4/c1-2-25-17-8-13(16(20)9-18(17)26-11-19(23)24)7-14(10-22)12-3-5-15(21)6-4-12/h3-9H,2,11H2,1H3,(H,23,24)/b14-7-. The lowest BCUT2D eigenvalue weighted by Crippen LogP contribution is -2.10. The summed E-state index contributed by atoms with van der Waals surface area (Å²) < 4.78 is 11.4. The minimum absolute atomic E-state index is 0.309. The lowest BCUT2D eigenvalue weighted by atomic mass is 10.0. The van der Waals surface area contributed by atoms with Gasteiger partial charge in [0.05, 0.1) is 18.2 Å². The molecule has 0 spiro atoms. The number of hydrogen-bond donors (Lipinski definition) is 1. The van der Waals surface area contributed by atoms with E-state index in [1.54, 1.807) is 42.5 Å². The highest BCUT2D eigenvalue weighted by Gasteiger charge is 2.12. The Labute approximate surface area is 164 Å². The van der Waals surface area contributed by atoms with Crippen molar-refractivity contribution in [3.8, 4) is 17.6 Å². The number of carboxylic acid groups (broad SMARTS) is 1. The van der Waals surface area contributed by atoms with Gasteiger partial charge in [-0.15, -0.1) is 0 Å². The van der Waals surface area contributed by atoms with Gasteiger partial charge >= 0.3 is 5.97 Å². The molecular formula is C19H15BrClNO4. The summed E-state index contributed by atoms with van der Waals surface area (Å²) in [4.78, 5) is 10.7. The Morgan fingerprint density at radius 3 is 2.50 bits per heavy atom. The number of nitrogens with zero attached hydrogens (tertiary/aromatic N) is 1. The van der Waals surface area contributed by atoms with Crippen LogP contribution >= 0.6 is 27.5 Å². The van der Waals surface area contributed by atoms with Gasteiger partial charge in [0.25, 0.3) is 0 Å². The first kappa shape index (κ1) is 19.8. The van der Waals surface area contributed by atoms with E-state index in [9.17, 15) is 10.1 Å². The average Bonchev–Trinajstić information content (AvgIpc) is 2.61. The number of rotatable bonds is 7. The minimum Gasteiger partial charge on any atom is -0.490 e. The van der Waals surface area contributed by atoms with E-state index < -0.39 is 12.6 Å². The minimum atomic E-state index is -1.08. The molecule has 0 aromatic heterocycles. The van der Waals surface area contributed by atoms with Crippen LogP contribution in [0.5, 0.6) is 11.5 Å². The van der Waals surface area contributed by atoms with Crippen LogP contribution in [0.1, 0.15) is 18.1 Å². The van der Waals surface area contributed by atoms with Crippen molar-refractivity contribution < 1.29 is 19.4 Å². The van der Waals surface area contributed by atoms with Gasteiger partial charge in [-0.3, -0.25) is 0 Å². The number of ether oxygens (including phenoxy) is 2. The zero-order valence-corrected chi connectivity index (χ0v) is 16.2. The number of aliphatic carboxylic acids is 1. The zero-order chi connectivity index (χ0) is 19.1. The van der Waals surface area contributed by atoms with Crippen molar-refractivity contribution in [1.29, 1.82) is 5.26 Å². The maximum absolute atomic E-state index is 10.7. The van der Waals surface area contributed by atoms with E-state index in [1.165, 1.54) is 0 Å². The normalized spacial score (nSPS) is 10.9. The van der Waals surface area contributed by atoms with E-state index in [1.807, 2.05) is 6.92 Å². The molecule has 7 heteroatoms. The molecule has 0 saturated carbocycles. The molecule has 0 amide bonds. The predicted molar refractivity (Wildman–Crippen MR) is 103 cm³/mol. The molecule has 0 fully saturated rings. The van der Waals surface area contributed by atoms with Crippen molar-refractivity contribution in [3.05, 3.63) is 57.0 Å². The first-order chi connectivity index (χ1) is 12.4. The molecule has 0 radical (unpaired) electrons. The van der Waals surface area contributed by atoms with Crippen LogP contribution in [0.3, 0.4) is 0 Å². The van der Waals surface area contributed by atoms with Gasteiger partial charge < -0.3 is 14.6 Å². The summed E-state index contributed by atoms with van der Waals surface area (Å²) in [6.07, 6.45) is 1.71. The number of nitriles is 1. The van der Waals surface area contributed by atoms with Crippen LogP contribution < -0.4 is 9.47 Å². The average molecular weight is 437 g/mol. The van der Waals surface area contributed by atoms with Gasteiger partial charge in [-0.2, -0.15) is 5.26 Å². The van der Waals surface area contributed by atoms with Gasteiger partial charge in [0.2, 0.25) is 0 Å². The van der Waals surface area contributed by atoms with Crippen LogP contribution in [0.4, 0.5) is 0 Å². The third-order valence-corrected chi connectivity index (χ3v) is 4.23. The van der Waals surface area contributed by atoms with Gasteiger partial charge in [0, 0.05) is 9.50 Å². The summed E-state index contributed by atoms with van der Waals surface area (Å²) in [5.41, 5.74) is 1.87. The number of allylic oxidation sites excluding steroid dienone is 1. The molecule has 0 aliphatic rings. The van der Waals surface area contributed by atoms with Crippen molar-refractivity contribution in [2.75, 3.05) is 13.2 Å². The Kier molecular flexibility index (Phi) is 7.07. The fourth-order valence-electron chi connectivity index (χ4n) is 2.15. The summed E-state index contributed by atoms with van der Waals surface area (Å²) in [7, 11) is 0. The van der Waals surface area contributed by atoms with Crippen LogP contribution in [-0.4, -0.2) is 24.3 Å². The molecule has 5 nitrogen and oxygen atoms in total. The second-order valence-corrected chi connectivity index (χ2v) is 6.40. The zero-order valence-electron chi connectivity index (χ0n) is 13.8. The molecule has 0 aliphatic carbocycles. The van der Waals surface area contributed by atoms with Gasteiger partial charge in [-0.05, 0) is 48.4 Å². The summed E-state index contributed by atoms with van der Waals surface area (Å²) >= 11 is 9.31. The lowest BCUT2D eigenvalue weighted by Gasteiger charge is -2.13. The van der Waals surface area contributed by atoms with Gasteiger partial charge in [0.15, 0.2) is 18.1 Å². The van der Waals surface area contributed by atoms with E-state index in [4.69, 9.17) is 26.2 Å². The number of carbonyl (C=O) groups is 1. The first-order valence-electron chi connectivity index (χ1n) is 7.63. The van der Waals surface area contributed by atoms with Crippen LogP contribution in [0, 0.1) is 11.3 Å². The van der Waals surface area contributed by atoms with Crippen molar-refractivity contribution in [2.24, 2.45) is 0 Å². The molecule has 134 valence electrons. The molecule has 0 aliphatic heterocycles. The molecule has 0 unspecified atom stereocenters. The molecule has 2 aromatic carbocycles. The highest BCUT2D eigenvalue weighted by atomic mass is 79.9. The van der Waals surface area contributed by atoms with E-state index in [2.05, 4.69) is 22.0 Å².